The van der Waals surface area contributed by atoms with E-state index in [1.54, 1.807) is 24.3 Å². The molecule has 1 aromatic heterocycles. The Hall–Kier alpha value is -3.00. The van der Waals surface area contributed by atoms with Gasteiger partial charge >= 0.3 is 0 Å². The van der Waals surface area contributed by atoms with Crippen LogP contribution in [0.5, 0.6) is 0 Å². The van der Waals surface area contributed by atoms with E-state index < -0.39 is 5.91 Å². The van der Waals surface area contributed by atoms with Crippen LogP contribution in [0.25, 0.3) is 11.8 Å². The molecule has 3 aromatic rings. The topological polar surface area (TPSA) is 57.8 Å². The largest absolute Gasteiger partial charge is 0.321 e. The highest BCUT2D eigenvalue weighted by molar-refractivity contribution is 6.32. The van der Waals surface area contributed by atoms with Crippen LogP contribution in [-0.4, -0.2) is 10.5 Å². The average molecular weight is 438 g/mol. The van der Waals surface area contributed by atoms with Crippen LogP contribution >= 0.6 is 23.2 Å². The van der Waals surface area contributed by atoms with Gasteiger partial charge in [0.1, 0.15) is 11.6 Å². The molecule has 0 atom stereocenters. The second-order valence-corrected chi connectivity index (χ2v) is 7.95. The van der Waals surface area contributed by atoms with Gasteiger partial charge in [-0.05, 0) is 80.8 Å². The van der Waals surface area contributed by atoms with E-state index >= 15 is 0 Å². The van der Waals surface area contributed by atoms with Crippen molar-refractivity contribution in [2.45, 2.75) is 27.7 Å². The number of hydrogen-bond acceptors (Lipinski definition) is 2. The summed E-state index contributed by atoms with van der Waals surface area (Å²) in [6.07, 6.45) is 1.60. The minimum Gasteiger partial charge on any atom is -0.321 e. The van der Waals surface area contributed by atoms with E-state index in [4.69, 9.17) is 23.2 Å². The molecule has 0 radical (unpaired) electrons. The third-order valence-electron chi connectivity index (χ3n) is 5.06. The summed E-state index contributed by atoms with van der Waals surface area (Å²) in [5.41, 5.74) is 5.94. The number of amides is 1. The van der Waals surface area contributed by atoms with Crippen molar-refractivity contribution in [3.8, 4) is 11.8 Å². The van der Waals surface area contributed by atoms with E-state index in [0.29, 0.717) is 15.7 Å². The van der Waals surface area contributed by atoms with Crippen LogP contribution in [0.15, 0.2) is 48.0 Å². The zero-order chi connectivity index (χ0) is 22.0. The highest BCUT2D eigenvalue weighted by atomic mass is 35.5. The van der Waals surface area contributed by atoms with E-state index in [1.807, 2.05) is 62.6 Å². The van der Waals surface area contributed by atoms with Crippen molar-refractivity contribution in [1.29, 1.82) is 5.26 Å². The highest BCUT2D eigenvalue weighted by Gasteiger charge is 2.15. The summed E-state index contributed by atoms with van der Waals surface area (Å²) in [6.45, 7) is 7.68. The Morgan fingerprint density at radius 1 is 1.07 bits per heavy atom. The third-order valence-corrected chi connectivity index (χ3v) is 5.88. The molecule has 0 spiro atoms. The maximum Gasteiger partial charge on any atom is 0.266 e. The van der Waals surface area contributed by atoms with Crippen LogP contribution in [0, 0.1) is 39.0 Å². The average Bonchev–Trinajstić information content (AvgIpc) is 2.98. The quantitative estimate of drug-likeness (QED) is 0.370. The van der Waals surface area contributed by atoms with Crippen LogP contribution < -0.4 is 5.32 Å². The van der Waals surface area contributed by atoms with Crippen molar-refractivity contribution in [2.75, 3.05) is 5.32 Å². The summed E-state index contributed by atoms with van der Waals surface area (Å²) >= 11 is 12.4. The van der Waals surface area contributed by atoms with Gasteiger partial charge in [0.2, 0.25) is 0 Å². The zero-order valence-electron chi connectivity index (χ0n) is 17.2. The van der Waals surface area contributed by atoms with E-state index in [1.165, 1.54) is 0 Å². The summed E-state index contributed by atoms with van der Waals surface area (Å²) in [5, 5.41) is 13.6. The standard InChI is InChI=1S/C24H21Cl2N3O/c1-14-8-9-20(12-22(14)26)29-15(2)10-18(17(29)4)11-19(13-27)24(30)28-23-7-5-6-21(25)16(23)3/h5-12H,1-4H3,(H,28,30)/b19-11+. The Kier molecular flexibility index (Phi) is 6.36. The Balaban J connectivity index is 1.96. The predicted molar refractivity (Wildman–Crippen MR) is 123 cm³/mol. The van der Waals surface area contributed by atoms with Crippen LogP contribution in [0.1, 0.15) is 28.1 Å². The van der Waals surface area contributed by atoms with Crippen LogP contribution in [0.3, 0.4) is 0 Å². The smallest absolute Gasteiger partial charge is 0.266 e. The van der Waals surface area contributed by atoms with Crippen molar-refractivity contribution in [2.24, 2.45) is 0 Å². The molecule has 0 aliphatic carbocycles. The summed E-state index contributed by atoms with van der Waals surface area (Å²) < 4.78 is 2.05. The van der Waals surface area contributed by atoms with Crippen molar-refractivity contribution < 1.29 is 4.79 Å². The van der Waals surface area contributed by atoms with Gasteiger partial charge in [-0.1, -0.05) is 35.3 Å². The van der Waals surface area contributed by atoms with Crippen LogP contribution in [-0.2, 0) is 4.79 Å². The number of carbonyl (C=O) groups excluding carboxylic acids is 1. The molecule has 30 heavy (non-hydrogen) atoms. The monoisotopic (exact) mass is 437 g/mol. The van der Waals surface area contributed by atoms with Crippen LogP contribution in [0.2, 0.25) is 10.0 Å². The number of nitrogens with zero attached hydrogens (tertiary/aromatic N) is 2. The maximum absolute atomic E-state index is 12.7. The molecule has 4 nitrogen and oxygen atoms in total. The Morgan fingerprint density at radius 3 is 2.47 bits per heavy atom. The van der Waals surface area contributed by atoms with Gasteiger partial charge in [0.15, 0.2) is 0 Å². The maximum atomic E-state index is 12.7. The first-order valence-corrected chi connectivity index (χ1v) is 10.1. The normalized spacial score (nSPS) is 11.3. The number of nitrogens with one attached hydrogen (secondary N) is 1. The van der Waals surface area contributed by atoms with E-state index in [2.05, 4.69) is 5.32 Å². The Morgan fingerprint density at radius 2 is 1.80 bits per heavy atom. The molecule has 0 unspecified atom stereocenters. The number of rotatable bonds is 4. The summed E-state index contributed by atoms with van der Waals surface area (Å²) in [7, 11) is 0. The molecule has 0 saturated carbocycles. The molecule has 0 fully saturated rings. The van der Waals surface area contributed by atoms with Gasteiger partial charge in [0, 0.05) is 32.8 Å². The minimum absolute atomic E-state index is 0.0107. The van der Waals surface area contributed by atoms with Crippen molar-refractivity contribution in [1.82, 2.24) is 4.57 Å². The molecule has 3 rings (SSSR count). The number of hydrogen-bond donors (Lipinski definition) is 1. The number of anilines is 1. The molecule has 1 amide bonds. The van der Waals surface area contributed by atoms with Gasteiger partial charge in [-0.3, -0.25) is 4.79 Å². The molecule has 0 saturated heterocycles. The van der Waals surface area contributed by atoms with Crippen molar-refractivity contribution in [3.63, 3.8) is 0 Å². The van der Waals surface area contributed by atoms with E-state index in [-0.39, 0.29) is 5.57 Å². The third kappa shape index (κ3) is 4.28. The molecular weight excluding hydrogens is 417 g/mol. The lowest BCUT2D eigenvalue weighted by Gasteiger charge is -2.11. The van der Waals surface area contributed by atoms with Gasteiger partial charge in [0.25, 0.3) is 5.91 Å². The van der Waals surface area contributed by atoms with Gasteiger partial charge in [-0.15, -0.1) is 0 Å². The lowest BCUT2D eigenvalue weighted by atomic mass is 10.1. The number of aromatic nitrogens is 1. The fourth-order valence-corrected chi connectivity index (χ4v) is 3.64. The summed E-state index contributed by atoms with van der Waals surface area (Å²) in [4.78, 5) is 12.7. The SMILES string of the molecule is Cc1ccc(-n2c(C)cc(/C=C(\C#N)C(=O)Nc3cccc(Cl)c3C)c2C)cc1Cl. The van der Waals surface area contributed by atoms with Gasteiger partial charge in [-0.2, -0.15) is 5.26 Å². The van der Waals surface area contributed by atoms with Gasteiger partial charge < -0.3 is 9.88 Å². The molecule has 0 bridgehead atoms. The van der Waals surface area contributed by atoms with Crippen LogP contribution in [0.4, 0.5) is 5.69 Å². The molecule has 0 aliphatic heterocycles. The number of benzene rings is 2. The predicted octanol–water partition coefficient (Wildman–Crippen LogP) is 6.56. The highest BCUT2D eigenvalue weighted by Crippen LogP contribution is 2.27. The van der Waals surface area contributed by atoms with Gasteiger partial charge in [0.05, 0.1) is 0 Å². The molecule has 1 N–H and O–H groups in total. The fourth-order valence-electron chi connectivity index (χ4n) is 3.29. The molecule has 2 aromatic carbocycles. The lowest BCUT2D eigenvalue weighted by Crippen LogP contribution is -2.14. The first kappa shape index (κ1) is 21.7. The first-order chi connectivity index (χ1) is 14.2. The second kappa shape index (κ2) is 8.79. The summed E-state index contributed by atoms with van der Waals surface area (Å²) in [5.74, 6) is -0.481. The van der Waals surface area contributed by atoms with Crippen molar-refractivity contribution in [3.05, 3.63) is 86.2 Å². The van der Waals surface area contributed by atoms with E-state index in [9.17, 15) is 10.1 Å². The number of halogens is 2. The lowest BCUT2D eigenvalue weighted by molar-refractivity contribution is -0.112. The fraction of sp³-hybridized carbons (Fsp3) is 0.167. The Bertz CT molecular complexity index is 1220. The second-order valence-electron chi connectivity index (χ2n) is 7.13. The van der Waals surface area contributed by atoms with E-state index in [0.717, 1.165) is 33.8 Å². The molecule has 152 valence electrons. The Labute approximate surface area is 186 Å². The molecule has 1 heterocycles. The molecule has 0 aliphatic rings. The number of aryl methyl sites for hydroxylation is 2. The number of carbonyl (C=O) groups is 1. The summed E-state index contributed by atoms with van der Waals surface area (Å²) in [6, 6.07) is 15.1. The molecule has 6 heteroatoms. The van der Waals surface area contributed by atoms with Crippen molar-refractivity contribution >= 4 is 40.9 Å². The minimum atomic E-state index is -0.481. The first-order valence-electron chi connectivity index (χ1n) is 9.36. The number of nitriles is 1. The molecular formula is C24H21Cl2N3O. The van der Waals surface area contributed by atoms with Gasteiger partial charge in [-0.25, -0.2) is 0 Å². The zero-order valence-corrected chi connectivity index (χ0v) is 18.7.